The molecule has 3 aromatic rings. The van der Waals surface area contributed by atoms with E-state index < -0.39 is 48.6 Å². The molecule has 1 aromatic heterocycles. The van der Waals surface area contributed by atoms with Crippen LogP contribution in [0.1, 0.15) is 44.2 Å². The Morgan fingerprint density at radius 3 is 2.25 bits per heavy atom. The van der Waals surface area contributed by atoms with E-state index in [0.717, 1.165) is 0 Å². The van der Waals surface area contributed by atoms with E-state index in [2.05, 4.69) is 0 Å². The van der Waals surface area contributed by atoms with Gasteiger partial charge in [0.05, 0.1) is 12.1 Å². The van der Waals surface area contributed by atoms with E-state index in [0.29, 0.717) is 27.1 Å². The minimum Gasteiger partial charge on any atom is -0.456 e. The number of benzene rings is 2. The number of rotatable bonds is 6. The van der Waals surface area contributed by atoms with E-state index >= 15 is 0 Å². The predicted molar refractivity (Wildman–Crippen MR) is 129 cm³/mol. The van der Waals surface area contributed by atoms with Gasteiger partial charge in [0, 0.05) is 42.9 Å². The molecule has 1 saturated heterocycles. The first-order valence-corrected chi connectivity index (χ1v) is 11.7. The number of carbonyl (C=O) groups is 3. The Balaban J connectivity index is 1.83. The summed E-state index contributed by atoms with van der Waals surface area (Å²) in [5.41, 5.74) is 1.86. The van der Waals surface area contributed by atoms with Crippen molar-refractivity contribution in [2.75, 3.05) is 6.61 Å². The SMILES string of the molecule is CC(=O)O[C@@H]1[C@@H](OC(C)=O)[C@H](OC(C)=O)CO[C@H]1n1cc(C(O)c2ccccc2)c2cc(Cl)ccc21. The van der Waals surface area contributed by atoms with E-state index in [1.54, 1.807) is 41.1 Å². The van der Waals surface area contributed by atoms with Crippen LogP contribution in [0.2, 0.25) is 5.02 Å². The van der Waals surface area contributed by atoms with Crippen LogP contribution >= 0.6 is 11.6 Å². The Hall–Kier alpha value is -3.40. The molecule has 1 fully saturated rings. The second-order valence-electron chi connectivity index (χ2n) is 8.49. The largest absolute Gasteiger partial charge is 0.456 e. The van der Waals surface area contributed by atoms with Gasteiger partial charge in [0.15, 0.2) is 24.5 Å². The molecule has 10 heteroatoms. The van der Waals surface area contributed by atoms with Gasteiger partial charge in [-0.2, -0.15) is 0 Å². The fraction of sp³-hybridized carbons (Fsp3) is 0.346. The summed E-state index contributed by atoms with van der Waals surface area (Å²) in [6.07, 6.45) is -3.53. The van der Waals surface area contributed by atoms with Crippen LogP contribution in [0.5, 0.6) is 0 Å². The minimum atomic E-state index is -1.16. The first kappa shape index (κ1) is 25.7. The molecule has 1 aliphatic heterocycles. The number of hydrogen-bond acceptors (Lipinski definition) is 8. The lowest BCUT2D eigenvalue weighted by atomic mass is 10.0. The maximum Gasteiger partial charge on any atom is 0.303 e. The number of aromatic nitrogens is 1. The summed E-state index contributed by atoms with van der Waals surface area (Å²) in [6, 6.07) is 14.3. The molecule has 0 aliphatic carbocycles. The Morgan fingerprint density at radius 2 is 1.61 bits per heavy atom. The number of halogens is 1. The molecule has 1 unspecified atom stereocenters. The molecule has 2 heterocycles. The molecule has 5 atom stereocenters. The quantitative estimate of drug-likeness (QED) is 0.390. The van der Waals surface area contributed by atoms with E-state index in [-0.39, 0.29) is 6.61 Å². The number of ether oxygens (including phenoxy) is 4. The van der Waals surface area contributed by atoms with Crippen molar-refractivity contribution in [3.05, 3.63) is 70.9 Å². The summed E-state index contributed by atoms with van der Waals surface area (Å²) in [5, 5.41) is 12.3. The number of esters is 3. The molecule has 1 N–H and O–H groups in total. The maximum atomic E-state index is 12.1. The van der Waals surface area contributed by atoms with Crippen LogP contribution in [0.3, 0.4) is 0 Å². The molecule has 9 nitrogen and oxygen atoms in total. The van der Waals surface area contributed by atoms with Crippen LogP contribution in [-0.2, 0) is 33.3 Å². The highest BCUT2D eigenvalue weighted by Crippen LogP contribution is 2.38. The van der Waals surface area contributed by atoms with Crippen LogP contribution in [-0.4, -0.2) is 52.5 Å². The van der Waals surface area contributed by atoms with Gasteiger partial charge in [-0.3, -0.25) is 14.4 Å². The first-order chi connectivity index (χ1) is 17.2. The van der Waals surface area contributed by atoms with Crippen LogP contribution in [0.15, 0.2) is 54.7 Å². The third-order valence-electron chi connectivity index (χ3n) is 5.83. The highest BCUT2D eigenvalue weighted by molar-refractivity contribution is 6.31. The zero-order valence-corrected chi connectivity index (χ0v) is 20.7. The number of hydrogen-bond donors (Lipinski definition) is 1. The molecular formula is C26H26ClNO8. The zero-order valence-electron chi connectivity index (χ0n) is 19.9. The lowest BCUT2D eigenvalue weighted by Gasteiger charge is -2.41. The smallest absolute Gasteiger partial charge is 0.303 e. The fourth-order valence-electron chi connectivity index (χ4n) is 4.46. The van der Waals surface area contributed by atoms with Crippen molar-refractivity contribution in [3.8, 4) is 0 Å². The molecule has 0 amide bonds. The van der Waals surface area contributed by atoms with Crippen molar-refractivity contribution in [1.29, 1.82) is 0 Å². The molecule has 0 radical (unpaired) electrons. The number of aliphatic hydroxyl groups excluding tert-OH is 1. The average molecular weight is 516 g/mol. The van der Waals surface area contributed by atoms with Gasteiger partial charge in [-0.15, -0.1) is 0 Å². The van der Waals surface area contributed by atoms with Gasteiger partial charge in [0.2, 0.25) is 0 Å². The normalized spacial score (nSPS) is 22.6. The Morgan fingerprint density at radius 1 is 0.972 bits per heavy atom. The van der Waals surface area contributed by atoms with Crippen LogP contribution in [0.25, 0.3) is 10.9 Å². The van der Waals surface area contributed by atoms with E-state index in [4.69, 9.17) is 30.5 Å². The summed E-state index contributed by atoms with van der Waals surface area (Å²) in [5.74, 6) is -1.88. The van der Waals surface area contributed by atoms with Crippen LogP contribution < -0.4 is 0 Å². The predicted octanol–water partition coefficient (Wildman–Crippen LogP) is 3.70. The monoisotopic (exact) mass is 515 g/mol. The number of fused-ring (bicyclic) bond motifs is 1. The molecule has 0 saturated carbocycles. The highest BCUT2D eigenvalue weighted by Gasteiger charge is 2.48. The summed E-state index contributed by atoms with van der Waals surface area (Å²) in [7, 11) is 0. The van der Waals surface area contributed by atoms with Gasteiger partial charge in [0.1, 0.15) is 6.10 Å². The Kier molecular flexibility index (Phi) is 7.63. The van der Waals surface area contributed by atoms with Gasteiger partial charge >= 0.3 is 17.9 Å². The zero-order chi connectivity index (χ0) is 26.0. The van der Waals surface area contributed by atoms with Crippen molar-refractivity contribution in [2.24, 2.45) is 0 Å². The second kappa shape index (κ2) is 10.7. The lowest BCUT2D eigenvalue weighted by Crippen LogP contribution is -2.55. The average Bonchev–Trinajstić information content (AvgIpc) is 3.18. The summed E-state index contributed by atoms with van der Waals surface area (Å²) in [4.78, 5) is 35.7. The Labute approximate surface area is 212 Å². The molecule has 190 valence electrons. The van der Waals surface area contributed by atoms with Crippen LogP contribution in [0.4, 0.5) is 0 Å². The van der Waals surface area contributed by atoms with Crippen molar-refractivity contribution in [3.63, 3.8) is 0 Å². The number of aliphatic hydroxyl groups is 1. The summed E-state index contributed by atoms with van der Waals surface area (Å²) in [6.45, 7) is 3.53. The second-order valence-corrected chi connectivity index (χ2v) is 8.92. The van der Waals surface area contributed by atoms with E-state index in [9.17, 15) is 19.5 Å². The summed E-state index contributed by atoms with van der Waals surface area (Å²) >= 11 is 6.28. The van der Waals surface area contributed by atoms with Gasteiger partial charge in [-0.25, -0.2) is 0 Å². The summed E-state index contributed by atoms with van der Waals surface area (Å²) < 4.78 is 24.1. The van der Waals surface area contributed by atoms with Crippen molar-refractivity contribution in [2.45, 2.75) is 51.4 Å². The third kappa shape index (κ3) is 5.38. The van der Waals surface area contributed by atoms with Crippen molar-refractivity contribution in [1.82, 2.24) is 4.57 Å². The van der Waals surface area contributed by atoms with Gasteiger partial charge in [0.25, 0.3) is 0 Å². The number of carbonyl (C=O) groups excluding carboxylic acids is 3. The first-order valence-electron chi connectivity index (χ1n) is 11.3. The van der Waals surface area contributed by atoms with E-state index in [1.165, 1.54) is 20.8 Å². The minimum absolute atomic E-state index is 0.121. The standard InChI is InChI=1S/C26H26ClNO8/c1-14(29)34-22-13-33-26(25(36-16(3)31)24(22)35-15(2)30)28-12-20(19-11-18(27)9-10-21(19)28)23(32)17-7-5-4-6-8-17/h4-12,22-26,32H,13H2,1-3H3/t22-,23?,24+,25-,26-/m1/s1. The van der Waals surface area contributed by atoms with Gasteiger partial charge in [-0.1, -0.05) is 41.9 Å². The molecular weight excluding hydrogens is 490 g/mol. The Bertz CT molecular complexity index is 1270. The topological polar surface area (TPSA) is 113 Å². The fourth-order valence-corrected chi connectivity index (χ4v) is 4.63. The molecule has 4 rings (SSSR count). The molecule has 36 heavy (non-hydrogen) atoms. The maximum absolute atomic E-state index is 12.1. The lowest BCUT2D eigenvalue weighted by molar-refractivity contribution is -0.239. The molecule has 2 aromatic carbocycles. The molecule has 0 bridgehead atoms. The molecule has 1 aliphatic rings. The van der Waals surface area contributed by atoms with Gasteiger partial charge < -0.3 is 28.6 Å². The number of nitrogens with zero attached hydrogens (tertiary/aromatic N) is 1. The highest BCUT2D eigenvalue weighted by atomic mass is 35.5. The van der Waals surface area contributed by atoms with Crippen LogP contribution in [0, 0.1) is 0 Å². The van der Waals surface area contributed by atoms with Crippen molar-refractivity contribution >= 4 is 40.4 Å². The molecule has 0 spiro atoms. The van der Waals surface area contributed by atoms with E-state index in [1.807, 2.05) is 18.2 Å². The third-order valence-corrected chi connectivity index (χ3v) is 6.07. The van der Waals surface area contributed by atoms with Crippen molar-refractivity contribution < 1.29 is 38.4 Å². The van der Waals surface area contributed by atoms with Gasteiger partial charge in [-0.05, 0) is 23.8 Å².